The number of carbonyl (C=O) groups excluding carboxylic acids is 1. The predicted octanol–water partition coefficient (Wildman–Crippen LogP) is 2.44. The van der Waals surface area contributed by atoms with E-state index < -0.39 is 18.2 Å². The van der Waals surface area contributed by atoms with E-state index in [1.165, 1.54) is 13.3 Å². The quantitative estimate of drug-likeness (QED) is 0.855. The van der Waals surface area contributed by atoms with Crippen molar-refractivity contribution >= 4 is 6.09 Å². The Bertz CT molecular complexity index is 634. The van der Waals surface area contributed by atoms with Gasteiger partial charge in [0.15, 0.2) is 0 Å². The van der Waals surface area contributed by atoms with Crippen LogP contribution < -0.4 is 10.1 Å². The van der Waals surface area contributed by atoms with Crippen LogP contribution in [0.2, 0.25) is 0 Å². The number of hydrogen-bond donors (Lipinski definition) is 2. The van der Waals surface area contributed by atoms with Gasteiger partial charge in [0.25, 0.3) is 0 Å². The summed E-state index contributed by atoms with van der Waals surface area (Å²) in [6.45, 7) is 1.87. The Labute approximate surface area is 135 Å². The highest BCUT2D eigenvalue weighted by atomic mass is 16.5. The van der Waals surface area contributed by atoms with Gasteiger partial charge in [-0.25, -0.2) is 4.79 Å². The van der Waals surface area contributed by atoms with Crippen LogP contribution in [-0.4, -0.2) is 29.3 Å². The summed E-state index contributed by atoms with van der Waals surface area (Å²) in [5.74, 6) is 0.542. The van der Waals surface area contributed by atoms with E-state index in [4.69, 9.17) is 9.47 Å². The molecule has 0 fully saturated rings. The minimum atomic E-state index is -0.915. The van der Waals surface area contributed by atoms with Crippen molar-refractivity contribution in [2.45, 2.75) is 25.7 Å². The van der Waals surface area contributed by atoms with Crippen molar-refractivity contribution in [2.24, 2.45) is 0 Å². The molecule has 0 saturated carbocycles. The van der Waals surface area contributed by atoms with Crippen molar-refractivity contribution in [3.63, 3.8) is 0 Å². The zero-order valence-corrected chi connectivity index (χ0v) is 13.1. The van der Waals surface area contributed by atoms with Crippen LogP contribution in [0.4, 0.5) is 4.79 Å². The van der Waals surface area contributed by atoms with Crippen LogP contribution in [0.3, 0.4) is 0 Å². The fraction of sp³-hybridized carbons (Fsp3) is 0.294. The number of nitrogens with one attached hydrogen (secondary N) is 1. The van der Waals surface area contributed by atoms with Gasteiger partial charge in [-0.05, 0) is 18.6 Å². The van der Waals surface area contributed by atoms with Crippen LogP contribution in [0.25, 0.3) is 0 Å². The fourth-order valence-electron chi connectivity index (χ4n) is 2.03. The van der Waals surface area contributed by atoms with Crippen LogP contribution in [-0.2, 0) is 11.3 Å². The summed E-state index contributed by atoms with van der Waals surface area (Å²) in [5, 5.41) is 12.9. The van der Waals surface area contributed by atoms with Crippen molar-refractivity contribution in [3.8, 4) is 5.75 Å². The number of alkyl carbamates (subject to hydrolysis) is 1. The molecule has 2 atom stereocenters. The molecule has 0 bridgehead atoms. The van der Waals surface area contributed by atoms with E-state index in [1.54, 1.807) is 19.2 Å². The molecule has 6 nitrogen and oxygen atoms in total. The number of ether oxygens (including phenoxy) is 2. The molecule has 1 aromatic heterocycles. The molecule has 0 aliphatic carbocycles. The van der Waals surface area contributed by atoms with Gasteiger partial charge in [0.2, 0.25) is 0 Å². The number of hydrogen-bond acceptors (Lipinski definition) is 5. The Hall–Kier alpha value is -2.60. The van der Waals surface area contributed by atoms with E-state index in [9.17, 15) is 9.90 Å². The van der Waals surface area contributed by atoms with E-state index in [0.717, 1.165) is 5.56 Å². The molecule has 1 amide bonds. The number of carbonyl (C=O) groups is 1. The molecule has 6 heteroatoms. The number of benzene rings is 1. The topological polar surface area (TPSA) is 80.7 Å². The summed E-state index contributed by atoms with van der Waals surface area (Å²) in [5.41, 5.74) is 1.45. The average molecular weight is 316 g/mol. The van der Waals surface area contributed by atoms with E-state index in [-0.39, 0.29) is 6.61 Å². The van der Waals surface area contributed by atoms with Crippen LogP contribution in [0.5, 0.6) is 5.75 Å². The van der Waals surface area contributed by atoms with Gasteiger partial charge in [0.05, 0.1) is 19.3 Å². The molecule has 1 heterocycles. The molecule has 2 aromatic rings. The van der Waals surface area contributed by atoms with Gasteiger partial charge >= 0.3 is 6.09 Å². The van der Waals surface area contributed by atoms with Gasteiger partial charge < -0.3 is 19.9 Å². The van der Waals surface area contributed by atoms with Gasteiger partial charge in [0, 0.05) is 11.8 Å². The summed E-state index contributed by atoms with van der Waals surface area (Å²) in [7, 11) is 1.52. The number of aliphatic hydroxyl groups excluding tert-OH is 1. The number of pyridine rings is 1. The molecule has 122 valence electrons. The van der Waals surface area contributed by atoms with E-state index in [2.05, 4.69) is 10.3 Å². The number of aromatic nitrogens is 1. The van der Waals surface area contributed by atoms with Crippen LogP contribution in [0.15, 0.2) is 48.8 Å². The lowest BCUT2D eigenvalue weighted by atomic mass is 10.1. The third kappa shape index (κ3) is 4.96. The standard InChI is InChI=1S/C17H20N2O4/c1-12(16(20)14-8-15(22-2)10-18-9-14)19-17(21)23-11-13-6-4-3-5-7-13/h3-10,12,16,20H,11H2,1-2H3,(H,19,21)/t12-,16-/m0/s1. The fourth-order valence-corrected chi connectivity index (χ4v) is 2.03. The van der Waals surface area contributed by atoms with Crippen molar-refractivity contribution in [2.75, 3.05) is 7.11 Å². The maximum atomic E-state index is 11.8. The number of nitrogens with zero attached hydrogens (tertiary/aromatic N) is 1. The molecule has 0 radical (unpaired) electrons. The predicted molar refractivity (Wildman–Crippen MR) is 85.0 cm³/mol. The van der Waals surface area contributed by atoms with Gasteiger partial charge in [-0.2, -0.15) is 0 Å². The molecule has 2 rings (SSSR count). The maximum Gasteiger partial charge on any atom is 0.407 e. The molecule has 1 aromatic carbocycles. The summed E-state index contributed by atoms with van der Waals surface area (Å²) in [6, 6.07) is 10.5. The molecule has 23 heavy (non-hydrogen) atoms. The van der Waals surface area contributed by atoms with E-state index >= 15 is 0 Å². The maximum absolute atomic E-state index is 11.8. The largest absolute Gasteiger partial charge is 0.495 e. The van der Waals surface area contributed by atoms with Crippen LogP contribution in [0.1, 0.15) is 24.2 Å². The van der Waals surface area contributed by atoms with Crippen LogP contribution >= 0.6 is 0 Å². The van der Waals surface area contributed by atoms with Crippen molar-refractivity contribution < 1.29 is 19.4 Å². The highest BCUT2D eigenvalue weighted by Gasteiger charge is 2.20. The molecule has 0 spiro atoms. The molecule has 0 aliphatic heterocycles. The second-order valence-corrected chi connectivity index (χ2v) is 5.10. The lowest BCUT2D eigenvalue weighted by molar-refractivity contribution is 0.106. The third-order valence-electron chi connectivity index (χ3n) is 3.34. The summed E-state index contributed by atoms with van der Waals surface area (Å²) >= 11 is 0. The molecular formula is C17H20N2O4. The first-order chi connectivity index (χ1) is 11.1. The van der Waals surface area contributed by atoms with Crippen molar-refractivity contribution in [3.05, 3.63) is 59.9 Å². The molecule has 0 saturated heterocycles. The van der Waals surface area contributed by atoms with Crippen molar-refractivity contribution in [1.29, 1.82) is 0 Å². The summed E-state index contributed by atoms with van der Waals surface area (Å²) in [6.07, 6.45) is 1.57. The minimum Gasteiger partial charge on any atom is -0.495 e. The summed E-state index contributed by atoms with van der Waals surface area (Å²) in [4.78, 5) is 15.8. The van der Waals surface area contributed by atoms with Gasteiger partial charge in [-0.3, -0.25) is 4.98 Å². The Balaban J connectivity index is 1.87. The Morgan fingerprint density at radius 1 is 1.30 bits per heavy atom. The first kappa shape index (κ1) is 16.8. The number of methoxy groups -OCH3 is 1. The monoisotopic (exact) mass is 316 g/mol. The van der Waals surface area contributed by atoms with Crippen molar-refractivity contribution in [1.82, 2.24) is 10.3 Å². The Morgan fingerprint density at radius 2 is 2.04 bits per heavy atom. The lowest BCUT2D eigenvalue weighted by Gasteiger charge is -2.20. The van der Waals surface area contributed by atoms with Gasteiger partial charge in [-0.1, -0.05) is 30.3 Å². The first-order valence-electron chi connectivity index (χ1n) is 7.24. The molecule has 0 unspecified atom stereocenters. The highest BCUT2D eigenvalue weighted by Crippen LogP contribution is 2.20. The Morgan fingerprint density at radius 3 is 2.74 bits per heavy atom. The third-order valence-corrected chi connectivity index (χ3v) is 3.34. The number of rotatable bonds is 6. The number of aliphatic hydroxyl groups is 1. The lowest BCUT2D eigenvalue weighted by Crippen LogP contribution is -2.37. The smallest absolute Gasteiger partial charge is 0.407 e. The second kappa shape index (κ2) is 8.14. The first-order valence-corrected chi connectivity index (χ1v) is 7.24. The highest BCUT2D eigenvalue weighted by molar-refractivity contribution is 5.67. The molecular weight excluding hydrogens is 296 g/mol. The average Bonchev–Trinajstić information content (AvgIpc) is 2.60. The van der Waals surface area contributed by atoms with E-state index in [1.807, 2.05) is 30.3 Å². The van der Waals surface area contributed by atoms with Gasteiger partial charge in [0.1, 0.15) is 18.5 Å². The zero-order valence-electron chi connectivity index (χ0n) is 13.1. The van der Waals surface area contributed by atoms with Crippen LogP contribution in [0, 0.1) is 0 Å². The second-order valence-electron chi connectivity index (χ2n) is 5.10. The van der Waals surface area contributed by atoms with E-state index in [0.29, 0.717) is 11.3 Å². The Kier molecular flexibility index (Phi) is 5.94. The molecule has 2 N–H and O–H groups in total. The molecule has 0 aliphatic rings. The minimum absolute atomic E-state index is 0.177. The SMILES string of the molecule is COc1cncc([C@@H](O)[C@H](C)NC(=O)OCc2ccccc2)c1. The zero-order chi connectivity index (χ0) is 16.7. The number of amides is 1. The summed E-state index contributed by atoms with van der Waals surface area (Å²) < 4.78 is 10.2. The van der Waals surface area contributed by atoms with Gasteiger partial charge in [-0.15, -0.1) is 0 Å². The normalized spacial score (nSPS) is 13.0.